The zero-order valence-corrected chi connectivity index (χ0v) is 14.3. The van der Waals surface area contributed by atoms with Gasteiger partial charge in [0.2, 0.25) is 0 Å². The summed E-state index contributed by atoms with van der Waals surface area (Å²) in [5, 5.41) is 3.52. The Hall–Kier alpha value is -1.22. The number of nitrogens with one attached hydrogen (secondary N) is 1. The van der Waals surface area contributed by atoms with E-state index in [1.165, 1.54) is 38.5 Å². The van der Waals surface area contributed by atoms with Crippen molar-refractivity contribution in [3.05, 3.63) is 24.3 Å². The van der Waals surface area contributed by atoms with Gasteiger partial charge in [-0.1, -0.05) is 38.7 Å². The summed E-state index contributed by atoms with van der Waals surface area (Å²) >= 11 is 0. The number of benzene rings is 1. The molecule has 0 bridgehead atoms. The lowest BCUT2D eigenvalue weighted by atomic mass is 9.94. The number of hydrogen-bond acceptors (Lipinski definition) is 3. The molecule has 1 fully saturated rings. The Morgan fingerprint density at radius 1 is 1.23 bits per heavy atom. The first kappa shape index (κ1) is 17.1. The summed E-state index contributed by atoms with van der Waals surface area (Å²) in [4.78, 5) is 2.52. The lowest BCUT2D eigenvalue weighted by molar-refractivity contribution is 0.198. The number of hydrogen-bond donors (Lipinski definition) is 1. The summed E-state index contributed by atoms with van der Waals surface area (Å²) in [5.74, 6) is 0.971. The van der Waals surface area contributed by atoms with Gasteiger partial charge in [0.25, 0.3) is 0 Å². The van der Waals surface area contributed by atoms with Gasteiger partial charge in [-0.2, -0.15) is 0 Å². The minimum Gasteiger partial charge on any atom is -0.494 e. The topological polar surface area (TPSA) is 24.5 Å². The molecule has 0 heterocycles. The highest BCUT2D eigenvalue weighted by Gasteiger charge is 2.17. The SMILES string of the molecule is CCCCOc1cccc(NCCN(C)C2CCCCC2)c1. The van der Waals surface area contributed by atoms with E-state index in [0.717, 1.165) is 43.6 Å². The molecule has 3 nitrogen and oxygen atoms in total. The minimum absolute atomic E-state index is 0.791. The zero-order valence-electron chi connectivity index (χ0n) is 14.3. The highest BCUT2D eigenvalue weighted by molar-refractivity contribution is 5.48. The molecule has 3 heteroatoms. The van der Waals surface area contributed by atoms with E-state index in [-0.39, 0.29) is 0 Å². The van der Waals surface area contributed by atoms with Crippen LogP contribution in [0.2, 0.25) is 0 Å². The van der Waals surface area contributed by atoms with Crippen molar-refractivity contribution in [2.75, 3.05) is 32.1 Å². The van der Waals surface area contributed by atoms with Gasteiger partial charge in [-0.25, -0.2) is 0 Å². The van der Waals surface area contributed by atoms with E-state index in [4.69, 9.17) is 4.74 Å². The molecule has 1 aromatic rings. The summed E-state index contributed by atoms with van der Waals surface area (Å²) in [6.45, 7) is 5.09. The maximum atomic E-state index is 5.76. The number of likely N-dealkylation sites (N-methyl/N-ethyl adjacent to an activating group) is 1. The summed E-state index contributed by atoms with van der Waals surface area (Å²) < 4.78 is 5.76. The quantitative estimate of drug-likeness (QED) is 0.678. The fourth-order valence-electron chi connectivity index (χ4n) is 3.11. The van der Waals surface area contributed by atoms with Gasteiger partial charge in [-0.15, -0.1) is 0 Å². The fourth-order valence-corrected chi connectivity index (χ4v) is 3.11. The van der Waals surface area contributed by atoms with Gasteiger partial charge in [-0.05, 0) is 38.4 Å². The Labute approximate surface area is 136 Å². The van der Waals surface area contributed by atoms with E-state index in [9.17, 15) is 0 Å². The molecule has 22 heavy (non-hydrogen) atoms. The number of nitrogens with zero attached hydrogens (tertiary/aromatic N) is 1. The van der Waals surface area contributed by atoms with Crippen LogP contribution >= 0.6 is 0 Å². The third-order valence-electron chi connectivity index (χ3n) is 4.59. The largest absolute Gasteiger partial charge is 0.494 e. The summed E-state index contributed by atoms with van der Waals surface area (Å²) in [5.41, 5.74) is 1.16. The molecule has 0 aliphatic heterocycles. The molecule has 1 saturated carbocycles. The van der Waals surface area contributed by atoms with Crippen molar-refractivity contribution in [2.45, 2.75) is 57.9 Å². The lowest BCUT2D eigenvalue weighted by Gasteiger charge is -2.31. The van der Waals surface area contributed by atoms with Gasteiger partial charge < -0.3 is 15.0 Å². The van der Waals surface area contributed by atoms with Gasteiger partial charge in [0, 0.05) is 30.9 Å². The summed E-state index contributed by atoms with van der Waals surface area (Å²) in [6.07, 6.45) is 9.26. The molecule has 1 aliphatic rings. The smallest absolute Gasteiger partial charge is 0.121 e. The Morgan fingerprint density at radius 3 is 2.82 bits per heavy atom. The van der Waals surface area contributed by atoms with E-state index in [1.807, 2.05) is 6.07 Å². The molecule has 0 atom stereocenters. The normalized spacial score (nSPS) is 16.0. The number of ether oxygens (including phenoxy) is 1. The van der Waals surface area contributed by atoms with Gasteiger partial charge in [0.1, 0.15) is 5.75 Å². The Balaban J connectivity index is 1.70. The molecular weight excluding hydrogens is 272 g/mol. The van der Waals surface area contributed by atoms with E-state index >= 15 is 0 Å². The van der Waals surface area contributed by atoms with Crippen LogP contribution in [-0.4, -0.2) is 37.7 Å². The van der Waals surface area contributed by atoms with Crippen LogP contribution in [0.3, 0.4) is 0 Å². The van der Waals surface area contributed by atoms with Crippen molar-refractivity contribution in [1.29, 1.82) is 0 Å². The molecule has 1 aromatic carbocycles. The van der Waals surface area contributed by atoms with Crippen molar-refractivity contribution in [1.82, 2.24) is 4.90 Å². The molecular formula is C19H32N2O. The van der Waals surface area contributed by atoms with Crippen LogP contribution in [0.4, 0.5) is 5.69 Å². The number of rotatable bonds is 9. The molecule has 0 amide bonds. The first-order chi connectivity index (χ1) is 10.8. The molecule has 0 aromatic heterocycles. The first-order valence-corrected chi connectivity index (χ1v) is 8.96. The molecule has 1 N–H and O–H groups in total. The third-order valence-corrected chi connectivity index (χ3v) is 4.59. The second-order valence-corrected chi connectivity index (χ2v) is 6.43. The fraction of sp³-hybridized carbons (Fsp3) is 0.684. The molecule has 124 valence electrons. The Morgan fingerprint density at radius 2 is 2.05 bits per heavy atom. The van der Waals surface area contributed by atoms with Crippen molar-refractivity contribution < 1.29 is 4.74 Å². The van der Waals surface area contributed by atoms with Crippen LogP contribution in [0.5, 0.6) is 5.75 Å². The van der Waals surface area contributed by atoms with Gasteiger partial charge in [-0.3, -0.25) is 0 Å². The summed E-state index contributed by atoms with van der Waals surface area (Å²) in [6, 6.07) is 9.12. The standard InChI is InChI=1S/C19H32N2O/c1-3-4-15-22-19-12-8-9-17(16-19)20-13-14-21(2)18-10-6-5-7-11-18/h8-9,12,16,18,20H,3-7,10-11,13-15H2,1-2H3. The third kappa shape index (κ3) is 5.88. The van der Waals surface area contributed by atoms with Crippen molar-refractivity contribution in [3.8, 4) is 5.75 Å². The molecule has 1 aliphatic carbocycles. The maximum Gasteiger partial charge on any atom is 0.121 e. The molecule has 0 spiro atoms. The Kier molecular flexibility index (Phi) is 7.58. The van der Waals surface area contributed by atoms with E-state index < -0.39 is 0 Å². The van der Waals surface area contributed by atoms with E-state index in [1.54, 1.807) is 0 Å². The van der Waals surface area contributed by atoms with E-state index in [0.29, 0.717) is 0 Å². The predicted octanol–water partition coefficient (Wildman–Crippen LogP) is 4.54. The van der Waals surface area contributed by atoms with Crippen molar-refractivity contribution in [3.63, 3.8) is 0 Å². The molecule has 0 unspecified atom stereocenters. The summed E-state index contributed by atoms with van der Waals surface area (Å²) in [7, 11) is 2.27. The highest BCUT2D eigenvalue weighted by Crippen LogP contribution is 2.21. The van der Waals surface area contributed by atoms with Crippen LogP contribution in [0.1, 0.15) is 51.9 Å². The van der Waals surface area contributed by atoms with Gasteiger partial charge in [0.15, 0.2) is 0 Å². The van der Waals surface area contributed by atoms with Crippen LogP contribution in [0.15, 0.2) is 24.3 Å². The van der Waals surface area contributed by atoms with Gasteiger partial charge >= 0.3 is 0 Å². The van der Waals surface area contributed by atoms with Crippen LogP contribution < -0.4 is 10.1 Å². The molecule has 2 rings (SSSR count). The molecule has 0 radical (unpaired) electrons. The minimum atomic E-state index is 0.791. The van der Waals surface area contributed by atoms with Crippen molar-refractivity contribution >= 4 is 5.69 Å². The van der Waals surface area contributed by atoms with Gasteiger partial charge in [0.05, 0.1) is 6.61 Å². The lowest BCUT2D eigenvalue weighted by Crippen LogP contribution is -2.36. The first-order valence-electron chi connectivity index (χ1n) is 8.96. The zero-order chi connectivity index (χ0) is 15.6. The van der Waals surface area contributed by atoms with Crippen LogP contribution in [-0.2, 0) is 0 Å². The Bertz CT molecular complexity index is 416. The average Bonchev–Trinajstić information content (AvgIpc) is 2.56. The van der Waals surface area contributed by atoms with Crippen molar-refractivity contribution in [2.24, 2.45) is 0 Å². The highest BCUT2D eigenvalue weighted by atomic mass is 16.5. The molecule has 0 saturated heterocycles. The van der Waals surface area contributed by atoms with Crippen LogP contribution in [0.25, 0.3) is 0 Å². The van der Waals surface area contributed by atoms with Crippen LogP contribution in [0, 0.1) is 0 Å². The number of unbranched alkanes of at least 4 members (excludes halogenated alkanes) is 1. The monoisotopic (exact) mass is 304 g/mol. The maximum absolute atomic E-state index is 5.76. The predicted molar refractivity (Wildman–Crippen MR) is 94.8 cm³/mol. The second kappa shape index (κ2) is 9.73. The van der Waals surface area contributed by atoms with E-state index in [2.05, 4.69) is 42.4 Å². The number of anilines is 1. The second-order valence-electron chi connectivity index (χ2n) is 6.43. The average molecular weight is 304 g/mol.